The fourth-order valence-electron chi connectivity index (χ4n) is 2.48. The molecule has 1 fully saturated rings. The molecule has 0 spiro atoms. The minimum absolute atomic E-state index is 0.0992. The molecule has 25 heavy (non-hydrogen) atoms. The van der Waals surface area contributed by atoms with Crippen LogP contribution in [0, 0.1) is 5.92 Å². The lowest BCUT2D eigenvalue weighted by Gasteiger charge is -2.22. The number of rotatable bonds is 5. The first-order valence-electron chi connectivity index (χ1n) is 7.78. The number of halogens is 2. The van der Waals surface area contributed by atoms with E-state index in [1.54, 1.807) is 12.1 Å². The maximum Gasteiger partial charge on any atom is 0.417 e. The van der Waals surface area contributed by atoms with Gasteiger partial charge in [0.1, 0.15) is 12.9 Å². The highest BCUT2D eigenvalue weighted by Gasteiger charge is 2.38. The summed E-state index contributed by atoms with van der Waals surface area (Å²) in [7, 11) is 0. The zero-order valence-electron chi connectivity index (χ0n) is 13.7. The summed E-state index contributed by atoms with van der Waals surface area (Å²) in [6, 6.07) is 5.26. The Morgan fingerprint density at radius 3 is 2.84 bits per heavy atom. The van der Waals surface area contributed by atoms with E-state index < -0.39 is 6.09 Å². The predicted octanol–water partition coefficient (Wildman–Crippen LogP) is 3.77. The average molecular weight is 382 g/mol. The van der Waals surface area contributed by atoms with E-state index in [9.17, 15) is 4.79 Å². The van der Waals surface area contributed by atoms with E-state index in [4.69, 9.17) is 27.9 Å². The molecular weight excluding hydrogens is 365 g/mol. The molecule has 3 rings (SSSR count). The van der Waals surface area contributed by atoms with Crippen molar-refractivity contribution >= 4 is 41.2 Å². The fourth-order valence-corrected chi connectivity index (χ4v) is 2.80. The highest BCUT2D eigenvalue weighted by Crippen LogP contribution is 2.25. The average Bonchev–Trinajstić information content (AvgIpc) is 2.98. The number of hydrogen-bond acceptors (Lipinski definition) is 6. The number of cyclic esters (lactones) is 1. The van der Waals surface area contributed by atoms with Gasteiger partial charge in [0, 0.05) is 6.54 Å². The minimum atomic E-state index is -0.444. The topological polar surface area (TPSA) is 80.2 Å². The van der Waals surface area contributed by atoms with E-state index in [2.05, 4.69) is 20.3 Å². The highest BCUT2D eigenvalue weighted by atomic mass is 35.5. The van der Waals surface area contributed by atoms with Crippen LogP contribution in [0.25, 0.3) is 0 Å². The van der Waals surface area contributed by atoms with E-state index in [0.717, 1.165) is 5.56 Å². The SMILES string of the molecule is CC(C)[C@H]1COC(=O)N1c1ncnc(NCc2ccc(Cl)c(Cl)c2)n1. The van der Waals surface area contributed by atoms with Gasteiger partial charge >= 0.3 is 6.09 Å². The number of carbonyl (C=O) groups excluding carboxylic acids is 1. The molecule has 1 aliphatic rings. The standard InChI is InChI=1S/C16H17Cl2N5O2/c1-9(2)13-7-25-16(24)23(13)15-21-8-20-14(22-15)19-6-10-3-4-11(17)12(18)5-10/h3-5,8-9,13H,6-7H2,1-2H3,(H,19,20,21,22)/t13-/m1/s1. The van der Waals surface area contributed by atoms with Crippen LogP contribution >= 0.6 is 23.2 Å². The molecule has 1 N–H and O–H groups in total. The van der Waals surface area contributed by atoms with Gasteiger partial charge in [-0.15, -0.1) is 0 Å². The molecule has 1 atom stereocenters. The highest BCUT2D eigenvalue weighted by molar-refractivity contribution is 6.42. The second-order valence-electron chi connectivity index (χ2n) is 5.97. The molecular formula is C16H17Cl2N5O2. The quantitative estimate of drug-likeness (QED) is 0.848. The first-order valence-corrected chi connectivity index (χ1v) is 8.54. The third-order valence-electron chi connectivity index (χ3n) is 3.88. The van der Waals surface area contributed by atoms with Crippen molar-refractivity contribution in [1.29, 1.82) is 0 Å². The molecule has 7 nitrogen and oxygen atoms in total. The Balaban J connectivity index is 1.75. The Morgan fingerprint density at radius 1 is 1.32 bits per heavy atom. The molecule has 0 saturated carbocycles. The number of amides is 1. The molecule has 1 aliphatic heterocycles. The molecule has 1 aromatic heterocycles. The van der Waals surface area contributed by atoms with Gasteiger partial charge in [0.25, 0.3) is 0 Å². The number of aromatic nitrogens is 3. The Labute approximate surface area is 155 Å². The van der Waals surface area contributed by atoms with Crippen LogP contribution in [0.1, 0.15) is 19.4 Å². The lowest BCUT2D eigenvalue weighted by Crippen LogP contribution is -2.38. The van der Waals surface area contributed by atoms with Crippen molar-refractivity contribution in [3.8, 4) is 0 Å². The molecule has 0 aliphatic carbocycles. The van der Waals surface area contributed by atoms with E-state index in [0.29, 0.717) is 29.1 Å². The molecule has 1 amide bonds. The van der Waals surface area contributed by atoms with Gasteiger partial charge in [-0.05, 0) is 23.6 Å². The van der Waals surface area contributed by atoms with Crippen LogP contribution in [-0.2, 0) is 11.3 Å². The van der Waals surface area contributed by atoms with Crippen LogP contribution in [0.2, 0.25) is 10.0 Å². The zero-order valence-corrected chi connectivity index (χ0v) is 15.3. The molecule has 9 heteroatoms. The summed E-state index contributed by atoms with van der Waals surface area (Å²) in [5, 5.41) is 4.07. The third-order valence-corrected chi connectivity index (χ3v) is 4.62. The van der Waals surface area contributed by atoms with Crippen molar-refractivity contribution in [2.45, 2.75) is 26.4 Å². The predicted molar refractivity (Wildman–Crippen MR) is 96.1 cm³/mol. The van der Waals surface area contributed by atoms with Crippen molar-refractivity contribution in [1.82, 2.24) is 15.0 Å². The van der Waals surface area contributed by atoms with Crippen molar-refractivity contribution in [3.63, 3.8) is 0 Å². The summed E-state index contributed by atoms with van der Waals surface area (Å²) < 4.78 is 5.13. The first-order chi connectivity index (χ1) is 12.0. The van der Waals surface area contributed by atoms with Crippen LogP contribution < -0.4 is 10.2 Å². The number of hydrogen-bond donors (Lipinski definition) is 1. The van der Waals surface area contributed by atoms with Crippen molar-refractivity contribution < 1.29 is 9.53 Å². The summed E-state index contributed by atoms with van der Waals surface area (Å²) in [6.07, 6.45) is 0.919. The molecule has 132 valence electrons. The monoisotopic (exact) mass is 381 g/mol. The van der Waals surface area contributed by atoms with Gasteiger partial charge in [0.2, 0.25) is 11.9 Å². The second-order valence-corrected chi connectivity index (χ2v) is 6.78. The van der Waals surface area contributed by atoms with Gasteiger partial charge < -0.3 is 10.1 Å². The lowest BCUT2D eigenvalue weighted by atomic mass is 10.1. The first kappa shape index (κ1) is 17.7. The number of nitrogens with one attached hydrogen (secondary N) is 1. The number of carbonyl (C=O) groups is 1. The smallest absolute Gasteiger partial charge is 0.417 e. The summed E-state index contributed by atoms with van der Waals surface area (Å²) in [5.74, 6) is 0.849. The van der Waals surface area contributed by atoms with Gasteiger partial charge in [0.05, 0.1) is 16.1 Å². The van der Waals surface area contributed by atoms with Crippen LogP contribution in [0.5, 0.6) is 0 Å². The normalized spacial score (nSPS) is 17.1. The Bertz CT molecular complexity index is 787. The summed E-state index contributed by atoms with van der Waals surface area (Å²) in [5.41, 5.74) is 0.928. The number of anilines is 2. The summed E-state index contributed by atoms with van der Waals surface area (Å²) in [4.78, 5) is 26.0. The minimum Gasteiger partial charge on any atom is -0.447 e. The Kier molecular flexibility index (Phi) is 5.24. The van der Waals surface area contributed by atoms with Crippen molar-refractivity contribution in [2.75, 3.05) is 16.8 Å². The van der Waals surface area contributed by atoms with E-state index in [1.807, 2.05) is 19.9 Å². The fraction of sp³-hybridized carbons (Fsp3) is 0.375. The molecule has 2 heterocycles. The maximum atomic E-state index is 12.0. The molecule has 2 aromatic rings. The van der Waals surface area contributed by atoms with Crippen LogP contribution in [0.15, 0.2) is 24.5 Å². The van der Waals surface area contributed by atoms with Crippen LogP contribution in [-0.4, -0.2) is 33.7 Å². The van der Waals surface area contributed by atoms with Gasteiger partial charge in [-0.2, -0.15) is 4.98 Å². The summed E-state index contributed by atoms with van der Waals surface area (Å²) >= 11 is 11.9. The molecule has 1 aromatic carbocycles. The number of ether oxygens (including phenoxy) is 1. The molecule has 0 radical (unpaired) electrons. The van der Waals surface area contributed by atoms with Crippen molar-refractivity contribution in [3.05, 3.63) is 40.1 Å². The van der Waals surface area contributed by atoms with Gasteiger partial charge in [0.15, 0.2) is 0 Å². The molecule has 1 saturated heterocycles. The van der Waals surface area contributed by atoms with Gasteiger partial charge in [-0.25, -0.2) is 19.7 Å². The van der Waals surface area contributed by atoms with Gasteiger partial charge in [-0.3, -0.25) is 0 Å². The number of benzene rings is 1. The van der Waals surface area contributed by atoms with E-state index >= 15 is 0 Å². The number of nitrogens with zero attached hydrogens (tertiary/aromatic N) is 4. The Morgan fingerprint density at radius 2 is 2.12 bits per heavy atom. The largest absolute Gasteiger partial charge is 0.447 e. The van der Waals surface area contributed by atoms with Crippen LogP contribution in [0.3, 0.4) is 0 Å². The Hall–Kier alpha value is -2.12. The van der Waals surface area contributed by atoms with Crippen molar-refractivity contribution in [2.24, 2.45) is 5.92 Å². The molecule has 0 unspecified atom stereocenters. The molecule has 0 bridgehead atoms. The zero-order chi connectivity index (χ0) is 18.0. The summed E-state index contributed by atoms with van der Waals surface area (Å²) in [6.45, 7) is 4.82. The van der Waals surface area contributed by atoms with Gasteiger partial charge in [-0.1, -0.05) is 43.1 Å². The third kappa shape index (κ3) is 3.93. The second kappa shape index (κ2) is 7.41. The maximum absolute atomic E-state index is 12.0. The van der Waals surface area contributed by atoms with Crippen LogP contribution in [0.4, 0.5) is 16.7 Å². The van der Waals surface area contributed by atoms with E-state index in [1.165, 1.54) is 11.2 Å². The van der Waals surface area contributed by atoms with E-state index in [-0.39, 0.29) is 17.9 Å². The lowest BCUT2D eigenvalue weighted by molar-refractivity contribution is 0.177.